The van der Waals surface area contributed by atoms with E-state index in [0.717, 1.165) is 9.58 Å². The summed E-state index contributed by atoms with van der Waals surface area (Å²) in [6.45, 7) is -1.73. The molecule has 22 heavy (non-hydrogen) atoms. The summed E-state index contributed by atoms with van der Waals surface area (Å²) in [5.41, 5.74) is -0.152. The van der Waals surface area contributed by atoms with Crippen LogP contribution in [0, 0.1) is 0 Å². The smallest absolute Gasteiger partial charge is 0.350 e. The van der Waals surface area contributed by atoms with E-state index in [1.54, 1.807) is 18.2 Å². The van der Waals surface area contributed by atoms with E-state index in [4.69, 9.17) is 5.11 Å². The maximum Gasteiger partial charge on any atom is 0.350 e. The van der Waals surface area contributed by atoms with Gasteiger partial charge in [-0.05, 0) is 12.1 Å². The fourth-order valence-corrected chi connectivity index (χ4v) is 2.64. The van der Waals surface area contributed by atoms with Gasteiger partial charge in [0.25, 0.3) is 5.92 Å². The Kier molecular flexibility index (Phi) is 3.44. The highest BCUT2D eigenvalue weighted by Gasteiger charge is 2.46. The number of carbonyl (C=O) groups is 1. The van der Waals surface area contributed by atoms with Crippen LogP contribution in [0.5, 0.6) is 0 Å². The summed E-state index contributed by atoms with van der Waals surface area (Å²) in [6, 6.07) is 4.00. The van der Waals surface area contributed by atoms with Crippen molar-refractivity contribution in [2.75, 3.05) is 13.2 Å². The molecule has 1 amide bonds. The van der Waals surface area contributed by atoms with Crippen LogP contribution in [-0.2, 0) is 11.3 Å². The van der Waals surface area contributed by atoms with Crippen molar-refractivity contribution >= 4 is 11.6 Å². The number of pyridine rings is 1. The summed E-state index contributed by atoms with van der Waals surface area (Å²) >= 11 is 0. The number of amides is 1. The molecule has 0 radical (unpaired) electrons. The summed E-state index contributed by atoms with van der Waals surface area (Å²) in [7, 11) is 0. The van der Waals surface area contributed by atoms with E-state index in [0.29, 0.717) is 5.65 Å². The van der Waals surface area contributed by atoms with Gasteiger partial charge in [-0.15, -0.1) is 5.10 Å². The number of nitrogens with zero attached hydrogens (tertiary/aromatic N) is 4. The van der Waals surface area contributed by atoms with Gasteiger partial charge in [-0.2, -0.15) is 0 Å². The Morgan fingerprint density at radius 3 is 2.91 bits per heavy atom. The van der Waals surface area contributed by atoms with Crippen molar-refractivity contribution in [3.63, 3.8) is 0 Å². The highest BCUT2D eigenvalue weighted by atomic mass is 19.3. The molecule has 1 saturated heterocycles. The van der Waals surface area contributed by atoms with Gasteiger partial charge in [0.15, 0.2) is 5.65 Å². The Morgan fingerprint density at radius 2 is 2.23 bits per heavy atom. The van der Waals surface area contributed by atoms with E-state index in [2.05, 4.69) is 5.10 Å². The van der Waals surface area contributed by atoms with Gasteiger partial charge in [-0.3, -0.25) is 9.20 Å². The molecule has 1 aliphatic heterocycles. The maximum atomic E-state index is 13.4. The van der Waals surface area contributed by atoms with Gasteiger partial charge in [-0.1, -0.05) is 6.07 Å². The van der Waals surface area contributed by atoms with Crippen molar-refractivity contribution in [2.24, 2.45) is 0 Å². The maximum absolute atomic E-state index is 13.4. The van der Waals surface area contributed by atoms with Crippen LogP contribution in [-0.4, -0.2) is 55.2 Å². The van der Waals surface area contributed by atoms with Crippen molar-refractivity contribution in [2.45, 2.75) is 24.9 Å². The minimum Gasteiger partial charge on any atom is -0.394 e. The minimum atomic E-state index is -3.02. The second kappa shape index (κ2) is 5.16. The normalized spacial score (nSPS) is 20.7. The van der Waals surface area contributed by atoms with Crippen molar-refractivity contribution in [3.8, 4) is 0 Å². The summed E-state index contributed by atoms with van der Waals surface area (Å²) in [5, 5.41) is 13.1. The molecule has 1 aliphatic rings. The number of hydrogen-bond acceptors (Lipinski definition) is 4. The first-order valence-corrected chi connectivity index (χ1v) is 6.74. The fourth-order valence-electron chi connectivity index (χ4n) is 2.64. The number of aliphatic hydroxyl groups excluding tert-OH is 1. The number of carbonyl (C=O) groups excluding carboxylic acids is 1. The second-order valence-electron chi connectivity index (χ2n) is 5.29. The minimum absolute atomic E-state index is 0.366. The van der Waals surface area contributed by atoms with Crippen molar-refractivity contribution in [1.29, 1.82) is 0 Å². The Hall–Kier alpha value is -2.29. The quantitative estimate of drug-likeness (QED) is 0.846. The molecule has 0 spiro atoms. The molecule has 9 heteroatoms. The molecule has 2 aromatic rings. The van der Waals surface area contributed by atoms with Gasteiger partial charge in [0.05, 0.1) is 19.2 Å². The molecule has 0 aromatic carbocycles. The van der Waals surface area contributed by atoms with E-state index in [9.17, 15) is 18.4 Å². The molecule has 2 aromatic heterocycles. The number of aliphatic hydroxyl groups is 1. The third kappa shape index (κ3) is 2.47. The van der Waals surface area contributed by atoms with E-state index >= 15 is 0 Å². The molecule has 1 fully saturated rings. The zero-order chi connectivity index (χ0) is 15.9. The molecule has 1 atom stereocenters. The van der Waals surface area contributed by atoms with E-state index < -0.39 is 49.7 Å². The van der Waals surface area contributed by atoms with E-state index in [-0.39, 0.29) is 0 Å². The van der Waals surface area contributed by atoms with Gasteiger partial charge in [0.2, 0.25) is 5.91 Å². The van der Waals surface area contributed by atoms with Crippen LogP contribution in [0.1, 0.15) is 6.42 Å². The lowest BCUT2D eigenvalue weighted by Gasteiger charge is -2.21. The Labute approximate surface area is 123 Å². The third-order valence-corrected chi connectivity index (χ3v) is 3.68. The number of likely N-dealkylation sites (tertiary alicyclic amines) is 1. The molecular weight excluding hydrogens is 298 g/mol. The first-order valence-electron chi connectivity index (χ1n) is 6.74. The summed E-state index contributed by atoms with van der Waals surface area (Å²) < 4.78 is 29.0. The van der Waals surface area contributed by atoms with Crippen LogP contribution in [0.4, 0.5) is 8.78 Å². The van der Waals surface area contributed by atoms with Crippen molar-refractivity contribution in [3.05, 3.63) is 34.9 Å². The van der Waals surface area contributed by atoms with Gasteiger partial charge in [0.1, 0.15) is 6.54 Å². The van der Waals surface area contributed by atoms with E-state index in [1.165, 1.54) is 10.6 Å². The molecule has 3 heterocycles. The molecule has 118 valence electrons. The van der Waals surface area contributed by atoms with Crippen LogP contribution in [0.2, 0.25) is 0 Å². The zero-order valence-corrected chi connectivity index (χ0v) is 11.5. The van der Waals surface area contributed by atoms with Gasteiger partial charge in [0, 0.05) is 12.6 Å². The number of hydrogen-bond donors (Lipinski definition) is 1. The molecule has 3 rings (SSSR count). The number of aromatic nitrogens is 3. The number of halogens is 2. The van der Waals surface area contributed by atoms with Gasteiger partial charge < -0.3 is 10.0 Å². The highest BCUT2D eigenvalue weighted by Crippen LogP contribution is 2.31. The van der Waals surface area contributed by atoms with Crippen LogP contribution in [0.3, 0.4) is 0 Å². The summed E-state index contributed by atoms with van der Waals surface area (Å²) in [6.07, 6.45) is 0.932. The number of fused-ring (bicyclic) bond motifs is 1. The van der Waals surface area contributed by atoms with Crippen LogP contribution in [0.15, 0.2) is 29.2 Å². The average molecular weight is 312 g/mol. The molecule has 0 saturated carbocycles. The standard InChI is InChI=1S/C13H14F2N4O3/c14-13(15)5-9(7-20)18(8-13)11(21)6-19-12(22)17-4-2-1-3-10(17)16-19/h1-4,9,20H,5-8H2. The fraction of sp³-hybridized carbons (Fsp3) is 0.462. The highest BCUT2D eigenvalue weighted by molar-refractivity contribution is 5.76. The van der Waals surface area contributed by atoms with Crippen LogP contribution in [0.25, 0.3) is 5.65 Å². The predicted molar refractivity (Wildman–Crippen MR) is 71.6 cm³/mol. The molecule has 1 unspecified atom stereocenters. The van der Waals surface area contributed by atoms with E-state index in [1.807, 2.05) is 0 Å². The molecule has 1 N–H and O–H groups in total. The molecule has 0 bridgehead atoms. The van der Waals surface area contributed by atoms with Crippen molar-refractivity contribution < 1.29 is 18.7 Å². The van der Waals surface area contributed by atoms with Gasteiger partial charge >= 0.3 is 5.69 Å². The zero-order valence-electron chi connectivity index (χ0n) is 11.5. The predicted octanol–water partition coefficient (Wildman–Crippen LogP) is -0.275. The van der Waals surface area contributed by atoms with Crippen LogP contribution >= 0.6 is 0 Å². The topological polar surface area (TPSA) is 79.8 Å². The van der Waals surface area contributed by atoms with Crippen LogP contribution < -0.4 is 5.69 Å². The monoisotopic (exact) mass is 312 g/mol. The second-order valence-corrected chi connectivity index (χ2v) is 5.29. The van der Waals surface area contributed by atoms with Crippen molar-refractivity contribution in [1.82, 2.24) is 19.1 Å². The molecule has 0 aliphatic carbocycles. The summed E-state index contributed by atoms with van der Waals surface area (Å²) in [5.74, 6) is -3.69. The Morgan fingerprint density at radius 1 is 1.45 bits per heavy atom. The summed E-state index contributed by atoms with van der Waals surface area (Å²) in [4.78, 5) is 25.1. The first-order chi connectivity index (χ1) is 10.4. The third-order valence-electron chi connectivity index (χ3n) is 3.68. The Bertz CT molecular complexity index is 770. The lowest BCUT2D eigenvalue weighted by atomic mass is 10.2. The average Bonchev–Trinajstić information content (AvgIpc) is 2.97. The SMILES string of the molecule is O=C(Cn1nc2ccccn2c1=O)N1CC(F)(F)CC1CO. The lowest BCUT2D eigenvalue weighted by molar-refractivity contribution is -0.134. The Balaban J connectivity index is 1.84. The molecular formula is C13H14F2N4O3. The largest absolute Gasteiger partial charge is 0.394 e. The number of alkyl halides is 2. The lowest BCUT2D eigenvalue weighted by Crippen LogP contribution is -2.41. The first kappa shape index (κ1) is 14.6. The number of rotatable bonds is 3. The van der Waals surface area contributed by atoms with Gasteiger partial charge in [-0.25, -0.2) is 18.3 Å². The molecule has 7 nitrogen and oxygen atoms in total.